The van der Waals surface area contributed by atoms with Crippen LogP contribution in [0.15, 0.2) is 81.5 Å². The molecule has 0 bridgehead atoms. The summed E-state index contributed by atoms with van der Waals surface area (Å²) in [7, 11) is 1.68. The van der Waals surface area contributed by atoms with Crippen molar-refractivity contribution in [2.75, 3.05) is 12.4 Å². The third-order valence-corrected chi connectivity index (χ3v) is 5.75. The van der Waals surface area contributed by atoms with E-state index in [4.69, 9.17) is 21.9 Å². The molecular weight excluding hydrogens is 384 g/mol. The molecule has 0 aromatic heterocycles. The fourth-order valence-electron chi connectivity index (χ4n) is 3.00. The molecule has 0 amide bonds. The van der Waals surface area contributed by atoms with E-state index in [1.807, 2.05) is 12.1 Å². The second kappa shape index (κ2) is 8.17. The van der Waals surface area contributed by atoms with Crippen molar-refractivity contribution in [2.24, 2.45) is 4.99 Å². The predicted molar refractivity (Wildman–Crippen MR) is 122 cm³/mol. The number of ether oxygens (including phenoxy) is 1. The lowest BCUT2D eigenvalue weighted by atomic mass is 10.1. The van der Waals surface area contributed by atoms with Crippen LogP contribution in [-0.4, -0.2) is 17.8 Å². The van der Waals surface area contributed by atoms with Gasteiger partial charge >= 0.3 is 0 Å². The third-order valence-electron chi connectivity index (χ3n) is 4.51. The van der Waals surface area contributed by atoms with Crippen LogP contribution in [-0.2, 0) is 0 Å². The number of nitrogens with one attached hydrogen (secondary N) is 1. The number of nitrogens with zero attached hydrogens (tertiary/aromatic N) is 1. The molecule has 1 N–H and O–H groups in total. The summed E-state index contributed by atoms with van der Waals surface area (Å²) in [6.07, 6.45) is 0.633. The molecule has 3 aromatic carbocycles. The number of benzene rings is 3. The number of anilines is 1. The number of hydrogen-bond donors (Lipinski definition) is 1. The lowest BCUT2D eigenvalue weighted by Crippen LogP contribution is -2.12. The molecule has 4 rings (SSSR count). The van der Waals surface area contributed by atoms with Gasteiger partial charge in [-0.3, -0.25) is 4.99 Å². The minimum Gasteiger partial charge on any atom is -0.497 e. The van der Waals surface area contributed by atoms with Crippen molar-refractivity contribution < 1.29 is 4.74 Å². The predicted octanol–water partition coefficient (Wildman–Crippen LogP) is 6.42. The van der Waals surface area contributed by atoms with E-state index < -0.39 is 0 Å². The first-order chi connectivity index (χ1) is 13.6. The molecule has 3 nitrogen and oxygen atoms in total. The Labute approximate surface area is 174 Å². The standard InChI is InChI=1S/C23H20N2OS2/c1-15-3-5-16(6-4-15)21-14-23(27)25-20-12-11-19(13-22(20)24-21)28-18-9-7-17(26-2)8-10-18/h3-13H,14H2,1-2H3,(H,25,27). The van der Waals surface area contributed by atoms with Gasteiger partial charge in [-0.25, -0.2) is 0 Å². The van der Waals surface area contributed by atoms with Crippen LogP contribution in [0.5, 0.6) is 5.75 Å². The van der Waals surface area contributed by atoms with E-state index in [-0.39, 0.29) is 0 Å². The highest BCUT2D eigenvalue weighted by Gasteiger charge is 2.15. The summed E-state index contributed by atoms with van der Waals surface area (Å²) in [4.78, 5) is 8.02. The van der Waals surface area contributed by atoms with Gasteiger partial charge < -0.3 is 10.1 Å². The van der Waals surface area contributed by atoms with E-state index in [0.29, 0.717) is 6.42 Å². The lowest BCUT2D eigenvalue weighted by molar-refractivity contribution is 0.414. The monoisotopic (exact) mass is 404 g/mol. The number of fused-ring (bicyclic) bond motifs is 1. The average Bonchev–Trinajstić information content (AvgIpc) is 2.87. The van der Waals surface area contributed by atoms with Gasteiger partial charge in [0.1, 0.15) is 5.75 Å². The Morgan fingerprint density at radius 3 is 2.39 bits per heavy atom. The molecule has 1 aliphatic rings. The molecule has 5 heteroatoms. The molecule has 0 unspecified atom stereocenters. The Morgan fingerprint density at radius 1 is 0.964 bits per heavy atom. The molecular formula is C23H20N2OS2. The highest BCUT2D eigenvalue weighted by molar-refractivity contribution is 7.99. The van der Waals surface area contributed by atoms with Crippen LogP contribution in [0.1, 0.15) is 17.5 Å². The topological polar surface area (TPSA) is 33.6 Å². The first-order valence-electron chi connectivity index (χ1n) is 9.01. The summed E-state index contributed by atoms with van der Waals surface area (Å²) in [5.41, 5.74) is 5.19. The Morgan fingerprint density at radius 2 is 1.68 bits per heavy atom. The molecule has 0 fully saturated rings. The summed E-state index contributed by atoms with van der Waals surface area (Å²) in [5, 5.41) is 3.33. The number of aryl methyl sites for hydroxylation is 1. The number of aliphatic imine (C=N–C) groups is 1. The summed E-state index contributed by atoms with van der Waals surface area (Å²) in [5.74, 6) is 0.858. The lowest BCUT2D eigenvalue weighted by Gasteiger charge is -2.08. The van der Waals surface area contributed by atoms with E-state index in [0.717, 1.165) is 43.2 Å². The van der Waals surface area contributed by atoms with Gasteiger partial charge in [0.05, 0.1) is 29.2 Å². The molecule has 0 atom stereocenters. The summed E-state index contributed by atoms with van der Waals surface area (Å²) < 4.78 is 5.23. The van der Waals surface area contributed by atoms with Gasteiger partial charge in [-0.2, -0.15) is 0 Å². The number of rotatable bonds is 4. The molecule has 3 aromatic rings. The highest BCUT2D eigenvalue weighted by atomic mass is 32.2. The molecule has 140 valence electrons. The smallest absolute Gasteiger partial charge is 0.118 e. The van der Waals surface area contributed by atoms with E-state index in [1.54, 1.807) is 18.9 Å². The first kappa shape index (κ1) is 18.7. The molecule has 1 aliphatic heterocycles. The minimum atomic E-state index is 0.633. The van der Waals surface area contributed by atoms with Crippen molar-refractivity contribution in [3.05, 3.63) is 77.9 Å². The van der Waals surface area contributed by atoms with Gasteiger partial charge in [0.25, 0.3) is 0 Å². The molecule has 1 heterocycles. The van der Waals surface area contributed by atoms with Crippen molar-refractivity contribution in [3.63, 3.8) is 0 Å². The van der Waals surface area contributed by atoms with E-state index >= 15 is 0 Å². The van der Waals surface area contributed by atoms with Crippen LogP contribution in [0.3, 0.4) is 0 Å². The summed E-state index contributed by atoms with van der Waals surface area (Å²) in [6.45, 7) is 2.09. The maximum Gasteiger partial charge on any atom is 0.118 e. The SMILES string of the molecule is COc1ccc(Sc2ccc3c(c2)N=C(c2ccc(C)cc2)CC(=S)N3)cc1. The Bertz CT molecular complexity index is 1040. The van der Waals surface area contributed by atoms with E-state index in [2.05, 4.69) is 66.8 Å². The quantitative estimate of drug-likeness (QED) is 0.509. The Balaban J connectivity index is 1.66. The fourth-order valence-corrected chi connectivity index (χ4v) is 4.09. The van der Waals surface area contributed by atoms with Crippen LogP contribution in [0, 0.1) is 6.92 Å². The molecule has 0 spiro atoms. The number of thiocarbonyl (C=S) groups is 1. The number of hydrogen-bond acceptors (Lipinski definition) is 4. The normalized spacial score (nSPS) is 13.2. The second-order valence-corrected chi connectivity index (χ2v) is 8.25. The van der Waals surface area contributed by atoms with E-state index in [9.17, 15) is 0 Å². The second-order valence-electron chi connectivity index (χ2n) is 6.61. The van der Waals surface area contributed by atoms with Crippen molar-refractivity contribution in [1.29, 1.82) is 0 Å². The van der Waals surface area contributed by atoms with Gasteiger partial charge in [-0.1, -0.05) is 53.8 Å². The average molecular weight is 405 g/mol. The van der Waals surface area contributed by atoms with Gasteiger partial charge in [0.15, 0.2) is 0 Å². The van der Waals surface area contributed by atoms with Crippen molar-refractivity contribution in [1.82, 2.24) is 0 Å². The van der Waals surface area contributed by atoms with E-state index in [1.165, 1.54) is 5.56 Å². The summed E-state index contributed by atoms with van der Waals surface area (Å²) >= 11 is 7.22. The maximum absolute atomic E-state index is 5.52. The number of methoxy groups -OCH3 is 1. The highest BCUT2D eigenvalue weighted by Crippen LogP contribution is 2.36. The van der Waals surface area contributed by atoms with Crippen molar-refractivity contribution in [2.45, 2.75) is 23.1 Å². The zero-order valence-electron chi connectivity index (χ0n) is 15.7. The zero-order chi connectivity index (χ0) is 19.5. The third kappa shape index (κ3) is 4.26. The van der Waals surface area contributed by atoms with Gasteiger partial charge in [0.2, 0.25) is 0 Å². The Hall–Kier alpha value is -2.63. The first-order valence-corrected chi connectivity index (χ1v) is 10.2. The van der Waals surface area contributed by atoms with Crippen LogP contribution in [0.4, 0.5) is 11.4 Å². The van der Waals surface area contributed by atoms with Gasteiger partial charge in [-0.05, 0) is 55.0 Å². The summed E-state index contributed by atoms with van der Waals surface area (Å²) in [6, 6.07) is 22.7. The molecule has 0 saturated carbocycles. The zero-order valence-corrected chi connectivity index (χ0v) is 17.4. The minimum absolute atomic E-state index is 0.633. The van der Waals surface area contributed by atoms with Crippen LogP contribution in [0.2, 0.25) is 0 Å². The van der Waals surface area contributed by atoms with Crippen molar-refractivity contribution >= 4 is 46.1 Å². The van der Waals surface area contributed by atoms with Gasteiger partial charge in [0, 0.05) is 16.2 Å². The van der Waals surface area contributed by atoms with Crippen molar-refractivity contribution in [3.8, 4) is 5.75 Å². The molecule has 0 saturated heterocycles. The molecule has 0 radical (unpaired) electrons. The maximum atomic E-state index is 5.52. The Kier molecular flexibility index (Phi) is 5.46. The fraction of sp³-hybridized carbons (Fsp3) is 0.130. The van der Waals surface area contributed by atoms with Gasteiger partial charge in [-0.15, -0.1) is 0 Å². The van der Waals surface area contributed by atoms with Crippen LogP contribution < -0.4 is 10.1 Å². The van der Waals surface area contributed by atoms with Crippen LogP contribution in [0.25, 0.3) is 0 Å². The van der Waals surface area contributed by atoms with Crippen LogP contribution >= 0.6 is 24.0 Å². The molecule has 28 heavy (non-hydrogen) atoms. The molecule has 0 aliphatic carbocycles. The largest absolute Gasteiger partial charge is 0.497 e.